The monoisotopic (exact) mass is 427 g/mol. The number of anilines is 1. The van der Waals surface area contributed by atoms with Crippen LogP contribution in [0.2, 0.25) is 0 Å². The molecule has 1 aromatic heterocycles. The molecule has 0 unspecified atom stereocenters. The van der Waals surface area contributed by atoms with Gasteiger partial charge in [0.1, 0.15) is 5.56 Å². The minimum Gasteiger partial charge on any atom is -0.379 e. The van der Waals surface area contributed by atoms with E-state index in [0.717, 1.165) is 0 Å². The summed E-state index contributed by atoms with van der Waals surface area (Å²) >= 11 is 0. The van der Waals surface area contributed by atoms with Crippen LogP contribution in [-0.4, -0.2) is 49.9 Å². The van der Waals surface area contributed by atoms with Crippen molar-refractivity contribution < 1.29 is 17.9 Å². The van der Waals surface area contributed by atoms with E-state index in [1.54, 1.807) is 43.3 Å². The van der Waals surface area contributed by atoms with Gasteiger partial charge in [-0.2, -0.15) is 4.31 Å². The molecule has 3 aromatic rings. The van der Waals surface area contributed by atoms with Crippen LogP contribution in [0, 0.1) is 6.92 Å². The number of fused-ring (bicyclic) bond motifs is 1. The molecular formula is C21H21N3O5S. The van der Waals surface area contributed by atoms with Gasteiger partial charge in [0.15, 0.2) is 0 Å². The highest BCUT2D eigenvalue weighted by molar-refractivity contribution is 7.89. The molecule has 0 saturated carbocycles. The molecule has 2 N–H and O–H groups in total. The summed E-state index contributed by atoms with van der Waals surface area (Å²) in [5, 5.41) is 3.05. The average molecular weight is 427 g/mol. The molecule has 0 radical (unpaired) electrons. The van der Waals surface area contributed by atoms with Crippen LogP contribution in [0.15, 0.2) is 58.4 Å². The predicted molar refractivity (Wildman–Crippen MR) is 113 cm³/mol. The van der Waals surface area contributed by atoms with Crippen LogP contribution < -0.4 is 10.7 Å². The number of sulfonamides is 1. The fourth-order valence-corrected chi connectivity index (χ4v) is 5.08. The van der Waals surface area contributed by atoms with Gasteiger partial charge in [0.2, 0.25) is 15.5 Å². The van der Waals surface area contributed by atoms with Crippen molar-refractivity contribution in [2.45, 2.75) is 11.8 Å². The van der Waals surface area contributed by atoms with Crippen molar-refractivity contribution in [3.05, 3.63) is 70.0 Å². The zero-order valence-electron chi connectivity index (χ0n) is 16.3. The summed E-state index contributed by atoms with van der Waals surface area (Å²) in [6.07, 6.45) is 1.36. The second-order valence-electron chi connectivity index (χ2n) is 7.03. The number of aromatic amines is 1. The highest BCUT2D eigenvalue weighted by atomic mass is 32.2. The molecule has 2 heterocycles. The molecule has 4 rings (SSSR count). The minimum absolute atomic E-state index is 0.0492. The van der Waals surface area contributed by atoms with Crippen molar-refractivity contribution in [1.29, 1.82) is 0 Å². The van der Waals surface area contributed by atoms with E-state index in [-0.39, 0.29) is 23.5 Å². The largest absolute Gasteiger partial charge is 0.379 e. The van der Waals surface area contributed by atoms with Crippen LogP contribution in [0.1, 0.15) is 15.9 Å². The summed E-state index contributed by atoms with van der Waals surface area (Å²) in [6.45, 7) is 2.96. The first-order valence-electron chi connectivity index (χ1n) is 9.48. The zero-order valence-corrected chi connectivity index (χ0v) is 17.2. The maximum absolute atomic E-state index is 13.0. The molecule has 0 spiro atoms. The van der Waals surface area contributed by atoms with Gasteiger partial charge in [-0.25, -0.2) is 8.42 Å². The van der Waals surface area contributed by atoms with E-state index in [4.69, 9.17) is 4.74 Å². The molecule has 9 heteroatoms. The molecule has 30 heavy (non-hydrogen) atoms. The molecule has 2 aromatic carbocycles. The Morgan fingerprint density at radius 2 is 1.87 bits per heavy atom. The first-order valence-corrected chi connectivity index (χ1v) is 10.9. The molecule has 1 fully saturated rings. The molecular weight excluding hydrogens is 406 g/mol. The first-order chi connectivity index (χ1) is 14.4. The molecule has 1 aliphatic rings. The number of para-hydroxylation sites is 1. The zero-order chi connectivity index (χ0) is 21.3. The second kappa shape index (κ2) is 8.02. The van der Waals surface area contributed by atoms with E-state index in [9.17, 15) is 18.0 Å². The average Bonchev–Trinajstić information content (AvgIpc) is 2.76. The van der Waals surface area contributed by atoms with Gasteiger partial charge < -0.3 is 15.0 Å². The fraction of sp³-hybridized carbons (Fsp3) is 0.238. The quantitative estimate of drug-likeness (QED) is 0.663. The number of benzene rings is 2. The van der Waals surface area contributed by atoms with Gasteiger partial charge in [-0.1, -0.05) is 18.2 Å². The van der Waals surface area contributed by atoms with E-state index < -0.39 is 21.4 Å². The lowest BCUT2D eigenvalue weighted by molar-refractivity contribution is 0.0730. The van der Waals surface area contributed by atoms with Crippen LogP contribution in [0.3, 0.4) is 0 Å². The van der Waals surface area contributed by atoms with Crippen molar-refractivity contribution >= 4 is 32.5 Å². The van der Waals surface area contributed by atoms with Gasteiger partial charge in [0.05, 0.1) is 18.1 Å². The number of H-pyrrole nitrogens is 1. The fourth-order valence-electron chi connectivity index (χ4n) is 3.42. The second-order valence-corrected chi connectivity index (χ2v) is 8.93. The number of rotatable bonds is 4. The Morgan fingerprint density at radius 1 is 1.13 bits per heavy atom. The Kier molecular flexibility index (Phi) is 5.42. The normalized spacial score (nSPS) is 15.2. The Bertz CT molecular complexity index is 1280. The van der Waals surface area contributed by atoms with Crippen LogP contribution in [0.5, 0.6) is 0 Å². The number of pyridine rings is 1. The van der Waals surface area contributed by atoms with E-state index in [1.807, 2.05) is 0 Å². The highest BCUT2D eigenvalue weighted by Crippen LogP contribution is 2.24. The molecule has 1 aliphatic heterocycles. The van der Waals surface area contributed by atoms with Crippen molar-refractivity contribution in [2.75, 3.05) is 31.6 Å². The van der Waals surface area contributed by atoms with Gasteiger partial charge in [0, 0.05) is 35.9 Å². The Morgan fingerprint density at radius 3 is 2.63 bits per heavy atom. The Hall–Kier alpha value is -3.01. The number of ether oxygens (including phenoxy) is 1. The van der Waals surface area contributed by atoms with Crippen molar-refractivity contribution in [2.24, 2.45) is 0 Å². The molecule has 0 aliphatic carbocycles. The van der Waals surface area contributed by atoms with Crippen LogP contribution in [0.4, 0.5) is 5.69 Å². The summed E-state index contributed by atoms with van der Waals surface area (Å²) < 4.78 is 32.6. The third kappa shape index (κ3) is 3.74. The van der Waals surface area contributed by atoms with Crippen LogP contribution in [0.25, 0.3) is 10.9 Å². The van der Waals surface area contributed by atoms with Crippen LogP contribution in [-0.2, 0) is 14.8 Å². The lowest BCUT2D eigenvalue weighted by Crippen LogP contribution is -2.40. The maximum Gasteiger partial charge on any atom is 0.261 e. The van der Waals surface area contributed by atoms with Crippen molar-refractivity contribution in [3.63, 3.8) is 0 Å². The number of nitrogens with zero attached hydrogens (tertiary/aromatic N) is 1. The van der Waals surface area contributed by atoms with E-state index in [1.165, 1.54) is 16.6 Å². The number of aromatic nitrogens is 1. The molecule has 0 bridgehead atoms. The number of aryl methyl sites for hydroxylation is 1. The Balaban J connectivity index is 1.64. The number of hydrogen-bond donors (Lipinski definition) is 2. The van der Waals surface area contributed by atoms with Gasteiger partial charge in [0.25, 0.3) is 5.91 Å². The summed E-state index contributed by atoms with van der Waals surface area (Å²) in [7, 11) is -3.72. The summed E-state index contributed by atoms with van der Waals surface area (Å²) in [5.41, 5.74) is 1.06. The van der Waals surface area contributed by atoms with Crippen molar-refractivity contribution in [3.8, 4) is 0 Å². The van der Waals surface area contributed by atoms with E-state index in [2.05, 4.69) is 10.3 Å². The number of carbonyl (C=O) groups is 1. The maximum atomic E-state index is 13.0. The summed E-state index contributed by atoms with van der Waals surface area (Å²) in [5.74, 6) is -0.611. The highest BCUT2D eigenvalue weighted by Gasteiger charge is 2.28. The number of morpholine rings is 1. The van der Waals surface area contributed by atoms with Crippen molar-refractivity contribution in [1.82, 2.24) is 9.29 Å². The third-order valence-electron chi connectivity index (χ3n) is 5.07. The number of carbonyl (C=O) groups excluding carboxylic acids is 1. The summed E-state index contributed by atoms with van der Waals surface area (Å²) in [6, 6.07) is 11.6. The van der Waals surface area contributed by atoms with E-state index in [0.29, 0.717) is 35.4 Å². The minimum atomic E-state index is -3.72. The first kappa shape index (κ1) is 20.3. The molecule has 1 amide bonds. The standard InChI is InChI=1S/C21H21N3O5S/c1-14-6-7-15(12-19(14)30(27,28)24-8-10-29-11-9-24)23-21(26)17-13-22-18-5-3-2-4-16(18)20(17)25/h2-7,12-13H,8-11H2,1H3,(H,22,25)(H,23,26). The molecule has 156 valence electrons. The van der Waals surface area contributed by atoms with Gasteiger partial charge in [-0.05, 0) is 36.8 Å². The number of hydrogen-bond acceptors (Lipinski definition) is 5. The predicted octanol–water partition coefficient (Wildman–Crippen LogP) is 2.11. The summed E-state index contributed by atoms with van der Waals surface area (Å²) in [4.78, 5) is 28.4. The smallest absolute Gasteiger partial charge is 0.261 e. The van der Waals surface area contributed by atoms with Gasteiger partial charge in [-0.3, -0.25) is 9.59 Å². The number of amides is 1. The lowest BCUT2D eigenvalue weighted by atomic mass is 10.1. The topological polar surface area (TPSA) is 109 Å². The van der Waals surface area contributed by atoms with Crippen LogP contribution >= 0.6 is 0 Å². The lowest BCUT2D eigenvalue weighted by Gasteiger charge is -2.26. The van der Waals surface area contributed by atoms with E-state index >= 15 is 0 Å². The molecule has 8 nitrogen and oxygen atoms in total. The third-order valence-corrected chi connectivity index (χ3v) is 7.11. The van der Waals surface area contributed by atoms with Gasteiger partial charge in [-0.15, -0.1) is 0 Å². The molecule has 1 saturated heterocycles. The number of nitrogens with one attached hydrogen (secondary N) is 2. The van der Waals surface area contributed by atoms with Gasteiger partial charge >= 0.3 is 0 Å². The molecule has 0 atom stereocenters. The Labute approximate surface area is 173 Å². The SMILES string of the molecule is Cc1ccc(NC(=O)c2c[nH]c3ccccc3c2=O)cc1S(=O)(=O)N1CCOCC1.